The topological polar surface area (TPSA) is 30.7 Å². The van der Waals surface area contributed by atoms with E-state index in [4.69, 9.17) is 23.2 Å². The summed E-state index contributed by atoms with van der Waals surface area (Å²) in [7, 11) is 0. The van der Waals surface area contributed by atoms with E-state index in [0.29, 0.717) is 10.2 Å². The van der Waals surface area contributed by atoms with Crippen molar-refractivity contribution < 1.29 is 0 Å². The average Bonchev–Trinajstić information content (AvgIpc) is 2.76. The Morgan fingerprint density at radius 1 is 1.12 bits per heavy atom. The largest absolute Gasteiger partial charge is 0.328 e. The molecule has 0 saturated carbocycles. The van der Waals surface area contributed by atoms with Crippen molar-refractivity contribution in [1.29, 1.82) is 0 Å². The van der Waals surface area contributed by atoms with E-state index < -0.39 is 0 Å². The molecule has 0 saturated heterocycles. The molecule has 1 aliphatic rings. The predicted molar refractivity (Wildman–Crippen MR) is 68.4 cm³/mol. The van der Waals surface area contributed by atoms with Crippen molar-refractivity contribution in [3.63, 3.8) is 0 Å². The number of hydrogen-bond donors (Lipinski definition) is 0. The third kappa shape index (κ3) is 1.94. The summed E-state index contributed by atoms with van der Waals surface area (Å²) in [4.78, 5) is 8.41. The average molecular weight is 268 g/mol. The molecular weight excluding hydrogens is 257 g/mol. The van der Waals surface area contributed by atoms with Crippen LogP contribution >= 0.6 is 23.2 Å². The molecule has 3 rings (SSSR count). The molecule has 0 N–H and O–H groups in total. The van der Waals surface area contributed by atoms with Crippen LogP contribution in [0, 0.1) is 0 Å². The maximum atomic E-state index is 6.17. The van der Waals surface area contributed by atoms with Gasteiger partial charge in [0.1, 0.15) is 11.0 Å². The molecule has 5 heteroatoms. The lowest BCUT2D eigenvalue weighted by Gasteiger charge is -2.16. The normalized spacial score (nSPS) is 14.7. The van der Waals surface area contributed by atoms with Gasteiger partial charge in [0.05, 0.1) is 16.9 Å². The number of aryl methyl sites for hydroxylation is 1. The fraction of sp³-hybridized carbons (Fsp3) is 0.333. The SMILES string of the molecule is Clc1cc(-c2cnc3n2CCCC3)c(Cl)cn1. The molecule has 2 aromatic rings. The number of fused-ring (bicyclic) bond motifs is 1. The molecule has 0 atom stereocenters. The number of hydrogen-bond acceptors (Lipinski definition) is 2. The van der Waals surface area contributed by atoms with Gasteiger partial charge in [0.25, 0.3) is 0 Å². The van der Waals surface area contributed by atoms with Crippen LogP contribution in [-0.4, -0.2) is 14.5 Å². The first-order chi connectivity index (χ1) is 8.25. The van der Waals surface area contributed by atoms with Gasteiger partial charge in [0, 0.05) is 24.7 Å². The van der Waals surface area contributed by atoms with Gasteiger partial charge in [-0.1, -0.05) is 23.2 Å². The fourth-order valence-electron chi connectivity index (χ4n) is 2.24. The van der Waals surface area contributed by atoms with Gasteiger partial charge >= 0.3 is 0 Å². The minimum Gasteiger partial charge on any atom is -0.328 e. The fourth-order valence-corrected chi connectivity index (χ4v) is 2.60. The second kappa shape index (κ2) is 4.31. The number of imidazole rings is 1. The first-order valence-electron chi connectivity index (χ1n) is 5.61. The minimum absolute atomic E-state index is 0.454. The third-order valence-corrected chi connectivity index (χ3v) is 3.58. The van der Waals surface area contributed by atoms with Crippen LogP contribution < -0.4 is 0 Å². The molecule has 0 radical (unpaired) electrons. The molecule has 0 spiro atoms. The van der Waals surface area contributed by atoms with Gasteiger partial charge in [-0.15, -0.1) is 0 Å². The number of halogens is 2. The molecule has 1 aliphatic heterocycles. The molecule has 0 fully saturated rings. The Labute approximate surface area is 109 Å². The van der Waals surface area contributed by atoms with Gasteiger partial charge in [-0.2, -0.15) is 0 Å². The Morgan fingerprint density at radius 2 is 2.00 bits per heavy atom. The molecule has 0 bridgehead atoms. The van der Waals surface area contributed by atoms with E-state index in [2.05, 4.69) is 14.5 Å². The van der Waals surface area contributed by atoms with Crippen LogP contribution in [0.1, 0.15) is 18.7 Å². The lowest BCUT2D eigenvalue weighted by atomic mass is 10.1. The van der Waals surface area contributed by atoms with E-state index in [0.717, 1.165) is 30.0 Å². The second-order valence-corrected chi connectivity index (χ2v) is 4.95. The molecule has 3 nitrogen and oxygen atoms in total. The quantitative estimate of drug-likeness (QED) is 0.740. The van der Waals surface area contributed by atoms with Gasteiger partial charge in [0.15, 0.2) is 0 Å². The Kier molecular flexibility index (Phi) is 2.81. The predicted octanol–water partition coefficient (Wildman–Crippen LogP) is 3.59. The van der Waals surface area contributed by atoms with Crippen molar-refractivity contribution in [3.05, 3.63) is 34.5 Å². The van der Waals surface area contributed by atoms with E-state index in [-0.39, 0.29) is 0 Å². The van der Waals surface area contributed by atoms with Crippen LogP contribution in [0.2, 0.25) is 10.2 Å². The highest BCUT2D eigenvalue weighted by Gasteiger charge is 2.17. The molecule has 88 valence electrons. The third-order valence-electron chi connectivity index (χ3n) is 3.07. The number of nitrogens with zero attached hydrogens (tertiary/aromatic N) is 3. The Hall–Kier alpha value is -1.06. The van der Waals surface area contributed by atoms with Gasteiger partial charge in [0.2, 0.25) is 0 Å². The van der Waals surface area contributed by atoms with Crippen LogP contribution in [0.5, 0.6) is 0 Å². The first-order valence-corrected chi connectivity index (χ1v) is 6.37. The van der Waals surface area contributed by atoms with E-state index in [1.165, 1.54) is 12.8 Å². The maximum Gasteiger partial charge on any atom is 0.129 e. The zero-order chi connectivity index (χ0) is 11.8. The Bertz CT molecular complexity index is 563. The van der Waals surface area contributed by atoms with Crippen molar-refractivity contribution >= 4 is 23.2 Å². The lowest BCUT2D eigenvalue weighted by Crippen LogP contribution is -2.11. The van der Waals surface area contributed by atoms with Gasteiger partial charge in [-0.3, -0.25) is 0 Å². The monoisotopic (exact) mass is 267 g/mol. The lowest BCUT2D eigenvalue weighted by molar-refractivity contribution is 0.526. The minimum atomic E-state index is 0.454. The van der Waals surface area contributed by atoms with Crippen molar-refractivity contribution in [2.24, 2.45) is 0 Å². The highest BCUT2D eigenvalue weighted by molar-refractivity contribution is 6.34. The van der Waals surface area contributed by atoms with Crippen molar-refractivity contribution in [2.75, 3.05) is 0 Å². The van der Waals surface area contributed by atoms with Gasteiger partial charge in [-0.25, -0.2) is 9.97 Å². The zero-order valence-corrected chi connectivity index (χ0v) is 10.7. The first kappa shape index (κ1) is 11.1. The standard InChI is InChI=1S/C12H11Cl2N3/c13-9-6-15-11(14)5-8(9)10-7-16-12-3-1-2-4-17(10)12/h5-7H,1-4H2. The Morgan fingerprint density at radius 3 is 2.88 bits per heavy atom. The summed E-state index contributed by atoms with van der Waals surface area (Å²) in [6, 6.07) is 1.79. The summed E-state index contributed by atoms with van der Waals surface area (Å²) in [5, 5.41) is 1.07. The Balaban J connectivity index is 2.15. The summed E-state index contributed by atoms with van der Waals surface area (Å²) >= 11 is 12.1. The molecule has 0 aliphatic carbocycles. The molecule has 17 heavy (non-hydrogen) atoms. The van der Waals surface area contributed by atoms with E-state index in [1.807, 2.05) is 6.20 Å². The smallest absolute Gasteiger partial charge is 0.129 e. The number of rotatable bonds is 1. The van der Waals surface area contributed by atoms with Crippen molar-refractivity contribution in [2.45, 2.75) is 25.8 Å². The maximum absolute atomic E-state index is 6.17. The van der Waals surface area contributed by atoms with Crippen molar-refractivity contribution in [3.8, 4) is 11.3 Å². The summed E-state index contributed by atoms with van der Waals surface area (Å²) < 4.78 is 2.22. The molecule has 0 aromatic carbocycles. The van der Waals surface area contributed by atoms with Crippen molar-refractivity contribution in [1.82, 2.24) is 14.5 Å². The van der Waals surface area contributed by atoms with Crippen LogP contribution in [0.3, 0.4) is 0 Å². The molecule has 0 amide bonds. The van der Waals surface area contributed by atoms with E-state index >= 15 is 0 Å². The molecule has 0 unspecified atom stereocenters. The molecule has 2 aromatic heterocycles. The van der Waals surface area contributed by atoms with E-state index in [9.17, 15) is 0 Å². The summed E-state index contributed by atoms with van der Waals surface area (Å²) in [5.74, 6) is 1.13. The molecule has 3 heterocycles. The van der Waals surface area contributed by atoms with Gasteiger partial charge in [-0.05, 0) is 18.9 Å². The van der Waals surface area contributed by atoms with Crippen LogP contribution in [-0.2, 0) is 13.0 Å². The number of aromatic nitrogens is 3. The number of pyridine rings is 1. The molecular formula is C12H11Cl2N3. The van der Waals surface area contributed by atoms with E-state index in [1.54, 1.807) is 12.3 Å². The zero-order valence-electron chi connectivity index (χ0n) is 9.16. The van der Waals surface area contributed by atoms with Crippen LogP contribution in [0.15, 0.2) is 18.5 Å². The van der Waals surface area contributed by atoms with Crippen LogP contribution in [0.25, 0.3) is 11.3 Å². The second-order valence-electron chi connectivity index (χ2n) is 4.16. The highest BCUT2D eigenvalue weighted by atomic mass is 35.5. The van der Waals surface area contributed by atoms with Crippen LogP contribution in [0.4, 0.5) is 0 Å². The summed E-state index contributed by atoms with van der Waals surface area (Å²) in [6.45, 7) is 1.00. The summed E-state index contributed by atoms with van der Waals surface area (Å²) in [6.07, 6.45) is 6.89. The summed E-state index contributed by atoms with van der Waals surface area (Å²) in [5.41, 5.74) is 1.95. The van der Waals surface area contributed by atoms with Gasteiger partial charge < -0.3 is 4.57 Å². The highest BCUT2D eigenvalue weighted by Crippen LogP contribution is 2.31.